The number of nitrogens with one attached hydrogen (secondary N) is 1. The Hall–Kier alpha value is -1.11. The van der Waals surface area contributed by atoms with Crippen LogP contribution < -0.4 is 5.32 Å². The average Bonchev–Trinajstić information content (AvgIpc) is 2.38. The van der Waals surface area contributed by atoms with Gasteiger partial charge in [-0.1, -0.05) is 6.92 Å². The van der Waals surface area contributed by atoms with Gasteiger partial charge in [0.1, 0.15) is 0 Å². The van der Waals surface area contributed by atoms with E-state index in [1.165, 1.54) is 0 Å². The number of hydrogen-bond donors (Lipinski definition) is 2. The van der Waals surface area contributed by atoms with Gasteiger partial charge >= 0.3 is 12.0 Å². The lowest BCUT2D eigenvalue weighted by Gasteiger charge is -2.30. The van der Waals surface area contributed by atoms with Gasteiger partial charge in [-0.15, -0.1) is 0 Å². The zero-order valence-corrected chi connectivity index (χ0v) is 12.2. The number of aliphatic carboxylic acids is 1. The molecule has 0 radical (unpaired) electrons. The van der Waals surface area contributed by atoms with Gasteiger partial charge in [-0.25, -0.2) is 4.79 Å². The molecule has 0 aliphatic carbocycles. The van der Waals surface area contributed by atoms with Crippen molar-refractivity contribution in [2.45, 2.75) is 31.4 Å². The van der Waals surface area contributed by atoms with Crippen LogP contribution in [0.15, 0.2) is 0 Å². The Morgan fingerprint density at radius 1 is 1.53 bits per heavy atom. The molecule has 1 heterocycles. The molecular weight excluding hydrogens is 268 g/mol. The normalized spacial score (nSPS) is 22.6. The monoisotopic (exact) mass is 290 g/mol. The van der Waals surface area contributed by atoms with Crippen molar-refractivity contribution < 1.29 is 18.9 Å². The lowest BCUT2D eigenvalue weighted by Crippen LogP contribution is -2.47. The average molecular weight is 290 g/mol. The summed E-state index contributed by atoms with van der Waals surface area (Å²) < 4.78 is 11.2. The molecule has 0 aromatic carbocycles. The zero-order valence-electron chi connectivity index (χ0n) is 11.4. The fourth-order valence-electron chi connectivity index (χ4n) is 2.02. The first-order valence-electron chi connectivity index (χ1n) is 6.49. The number of urea groups is 1. The van der Waals surface area contributed by atoms with Gasteiger partial charge in [0, 0.05) is 41.9 Å². The maximum Gasteiger partial charge on any atom is 0.317 e. The second-order valence-corrected chi connectivity index (χ2v) is 6.76. The maximum atomic E-state index is 11.9. The van der Waals surface area contributed by atoms with Crippen molar-refractivity contribution in [3.63, 3.8) is 0 Å². The molecule has 1 fully saturated rings. The van der Waals surface area contributed by atoms with E-state index in [1.807, 2.05) is 6.92 Å². The highest BCUT2D eigenvalue weighted by atomic mass is 32.2. The van der Waals surface area contributed by atoms with Crippen molar-refractivity contribution in [1.29, 1.82) is 0 Å². The fraction of sp³-hybridized carbons (Fsp3) is 0.833. The molecule has 7 heteroatoms. The first-order valence-corrected chi connectivity index (χ1v) is 8.11. The molecule has 0 aromatic heterocycles. The summed E-state index contributed by atoms with van der Waals surface area (Å²) in [4.78, 5) is 24.3. The molecule has 1 rings (SSSR count). The van der Waals surface area contributed by atoms with Crippen LogP contribution in [0.4, 0.5) is 4.79 Å². The molecular formula is C12H22N2O4S. The zero-order chi connectivity index (χ0) is 14.4. The summed E-state index contributed by atoms with van der Waals surface area (Å²) in [5.41, 5.74) is 0. The first kappa shape index (κ1) is 15.9. The molecule has 19 heavy (non-hydrogen) atoms. The van der Waals surface area contributed by atoms with Crippen LogP contribution in [0.1, 0.15) is 26.2 Å². The molecule has 1 saturated heterocycles. The van der Waals surface area contributed by atoms with Crippen molar-refractivity contribution in [3.8, 4) is 0 Å². The molecule has 1 aliphatic heterocycles. The minimum absolute atomic E-state index is 0.0495. The molecule has 6 nitrogen and oxygen atoms in total. The van der Waals surface area contributed by atoms with Gasteiger partial charge in [-0.2, -0.15) is 0 Å². The molecule has 0 aromatic rings. The molecule has 0 saturated carbocycles. The van der Waals surface area contributed by atoms with E-state index in [4.69, 9.17) is 5.11 Å². The van der Waals surface area contributed by atoms with Crippen LogP contribution in [0.3, 0.4) is 0 Å². The van der Waals surface area contributed by atoms with Crippen molar-refractivity contribution in [2.75, 3.05) is 25.9 Å². The van der Waals surface area contributed by atoms with Crippen LogP contribution in [0.25, 0.3) is 0 Å². The Labute approximate surface area is 116 Å². The molecule has 1 aliphatic rings. The third kappa shape index (κ3) is 5.18. The largest absolute Gasteiger partial charge is 0.481 e. The van der Waals surface area contributed by atoms with E-state index in [9.17, 15) is 13.8 Å². The number of rotatable bonds is 5. The Morgan fingerprint density at radius 2 is 2.21 bits per heavy atom. The lowest BCUT2D eigenvalue weighted by atomic mass is 9.99. The number of piperidine rings is 1. The van der Waals surface area contributed by atoms with Crippen molar-refractivity contribution >= 4 is 22.8 Å². The van der Waals surface area contributed by atoms with Crippen LogP contribution in [0, 0.1) is 5.92 Å². The van der Waals surface area contributed by atoms with E-state index in [2.05, 4.69) is 5.32 Å². The third-order valence-corrected chi connectivity index (χ3v) is 4.82. The highest BCUT2D eigenvalue weighted by Gasteiger charge is 2.27. The standard InChI is InChI=1S/C12H22N2O4S/c1-9(19(2)18)5-6-13-12(17)14-7-3-4-10(8-14)11(15)16/h9-10H,3-8H2,1-2H3,(H,13,17)(H,15,16). The number of carboxylic acids is 1. The van der Waals surface area contributed by atoms with Crippen LogP contribution in [0.2, 0.25) is 0 Å². The number of carboxylic acid groups (broad SMARTS) is 1. The Kier molecular flexibility index (Phi) is 6.27. The smallest absolute Gasteiger partial charge is 0.317 e. The van der Waals surface area contributed by atoms with Gasteiger partial charge in [0.25, 0.3) is 0 Å². The van der Waals surface area contributed by atoms with E-state index >= 15 is 0 Å². The molecule has 3 unspecified atom stereocenters. The molecule has 110 valence electrons. The number of carbonyl (C=O) groups is 2. The van der Waals surface area contributed by atoms with Crippen LogP contribution >= 0.6 is 0 Å². The van der Waals surface area contributed by atoms with Gasteiger partial charge in [0.15, 0.2) is 0 Å². The quantitative estimate of drug-likeness (QED) is 0.778. The number of amides is 2. The summed E-state index contributed by atoms with van der Waals surface area (Å²) in [6.07, 6.45) is 3.66. The minimum atomic E-state index is -0.884. The van der Waals surface area contributed by atoms with E-state index in [0.717, 1.165) is 6.42 Å². The number of hydrogen-bond acceptors (Lipinski definition) is 3. The highest BCUT2D eigenvalue weighted by molar-refractivity contribution is 7.84. The molecule has 2 N–H and O–H groups in total. The Morgan fingerprint density at radius 3 is 2.79 bits per heavy atom. The summed E-state index contributed by atoms with van der Waals surface area (Å²) in [7, 11) is -0.884. The third-order valence-electron chi connectivity index (χ3n) is 3.45. The van der Waals surface area contributed by atoms with Gasteiger partial charge < -0.3 is 15.3 Å². The molecule has 0 bridgehead atoms. The number of likely N-dealkylation sites (tertiary alicyclic amines) is 1. The highest BCUT2D eigenvalue weighted by Crippen LogP contribution is 2.16. The number of nitrogens with zero attached hydrogens (tertiary/aromatic N) is 1. The minimum Gasteiger partial charge on any atom is -0.481 e. The van der Waals surface area contributed by atoms with Crippen LogP contribution in [0.5, 0.6) is 0 Å². The summed E-state index contributed by atoms with van der Waals surface area (Å²) in [5.74, 6) is -1.30. The molecule has 2 amide bonds. The van der Waals surface area contributed by atoms with E-state index in [1.54, 1.807) is 11.2 Å². The van der Waals surface area contributed by atoms with Crippen molar-refractivity contribution in [1.82, 2.24) is 10.2 Å². The van der Waals surface area contributed by atoms with Gasteiger partial charge in [0.2, 0.25) is 0 Å². The first-order chi connectivity index (χ1) is 8.91. The Balaban J connectivity index is 2.33. The Bertz CT molecular complexity index is 362. The van der Waals surface area contributed by atoms with Gasteiger partial charge in [-0.3, -0.25) is 9.00 Å². The summed E-state index contributed by atoms with van der Waals surface area (Å²) in [6, 6.07) is -0.222. The van der Waals surface area contributed by atoms with Crippen LogP contribution in [-0.2, 0) is 15.6 Å². The van der Waals surface area contributed by atoms with E-state index in [0.29, 0.717) is 25.9 Å². The predicted molar refractivity (Wildman–Crippen MR) is 73.5 cm³/mol. The van der Waals surface area contributed by atoms with Crippen molar-refractivity contribution in [2.24, 2.45) is 5.92 Å². The molecule has 0 spiro atoms. The number of carbonyl (C=O) groups excluding carboxylic acids is 1. The predicted octanol–water partition coefficient (Wildman–Crippen LogP) is 0.650. The second-order valence-electron chi connectivity index (χ2n) is 4.95. The maximum absolute atomic E-state index is 11.9. The van der Waals surface area contributed by atoms with E-state index in [-0.39, 0.29) is 17.8 Å². The SMILES string of the molecule is CC(CCNC(=O)N1CCCC(C(=O)O)C1)S(C)=O. The second kappa shape index (κ2) is 7.47. The summed E-state index contributed by atoms with van der Waals surface area (Å²) in [5, 5.41) is 11.8. The van der Waals surface area contributed by atoms with Gasteiger partial charge in [-0.05, 0) is 19.3 Å². The van der Waals surface area contributed by atoms with Crippen LogP contribution in [-0.4, -0.2) is 57.4 Å². The lowest BCUT2D eigenvalue weighted by molar-refractivity contribution is -0.143. The summed E-state index contributed by atoms with van der Waals surface area (Å²) >= 11 is 0. The van der Waals surface area contributed by atoms with Crippen molar-refractivity contribution in [3.05, 3.63) is 0 Å². The van der Waals surface area contributed by atoms with Gasteiger partial charge in [0.05, 0.1) is 5.92 Å². The fourth-order valence-corrected chi connectivity index (χ4v) is 2.47. The molecule has 3 atom stereocenters. The summed E-state index contributed by atoms with van der Waals surface area (Å²) in [6.45, 7) is 3.22. The topological polar surface area (TPSA) is 86.7 Å². The van der Waals surface area contributed by atoms with E-state index < -0.39 is 22.7 Å².